The fourth-order valence-corrected chi connectivity index (χ4v) is 3.37. The lowest BCUT2D eigenvalue weighted by Gasteiger charge is -2.32. The number of hydrogen-bond donors (Lipinski definition) is 1. The first-order chi connectivity index (χ1) is 10.2. The Morgan fingerprint density at radius 1 is 1.30 bits per heavy atom. The van der Waals surface area contributed by atoms with Crippen molar-refractivity contribution < 1.29 is 0 Å². The molecule has 128 valence electrons. The number of likely N-dealkylation sites (N-methyl/N-ethyl adjacent to an activating group) is 1. The van der Waals surface area contributed by atoms with Gasteiger partial charge in [-0.25, -0.2) is 4.98 Å². The Balaban J connectivity index is 0.00000132. The molecule has 1 aromatic heterocycles. The number of piperidine rings is 1. The summed E-state index contributed by atoms with van der Waals surface area (Å²) in [6.07, 6.45) is 2.49. The number of hydrogen-bond acceptors (Lipinski definition) is 3. The standard InChI is InChI=1S/C17H22ClN3.2ClH/c1-12-14-7-3-4-8-15(14)20-16(17(12)18)11-21-9-5-6-13(10-21)19-2;;/h3-4,7-8,13,19H,5-6,9-11H2,1-2H3;2*1H. The molecule has 0 bridgehead atoms. The van der Waals surface area contributed by atoms with Crippen LogP contribution in [0.5, 0.6) is 0 Å². The minimum atomic E-state index is 0. The number of aryl methyl sites for hydroxylation is 1. The van der Waals surface area contributed by atoms with Crippen molar-refractivity contribution in [2.24, 2.45) is 0 Å². The molecule has 0 saturated carbocycles. The van der Waals surface area contributed by atoms with Gasteiger partial charge in [0.15, 0.2) is 0 Å². The molecule has 6 heteroatoms. The number of benzene rings is 1. The molecular weight excluding hydrogens is 353 g/mol. The van der Waals surface area contributed by atoms with E-state index in [0.717, 1.165) is 46.8 Å². The zero-order valence-corrected chi connectivity index (χ0v) is 15.9. The molecular formula is C17H24Cl3N3. The molecule has 23 heavy (non-hydrogen) atoms. The molecule has 1 aliphatic rings. The van der Waals surface area contributed by atoms with E-state index in [1.54, 1.807) is 0 Å². The molecule has 1 atom stereocenters. The van der Waals surface area contributed by atoms with Crippen molar-refractivity contribution >= 4 is 47.3 Å². The molecule has 1 aromatic carbocycles. The van der Waals surface area contributed by atoms with Gasteiger partial charge in [0, 0.05) is 24.5 Å². The summed E-state index contributed by atoms with van der Waals surface area (Å²) < 4.78 is 0. The Morgan fingerprint density at radius 3 is 2.78 bits per heavy atom. The van der Waals surface area contributed by atoms with Crippen molar-refractivity contribution in [3.8, 4) is 0 Å². The van der Waals surface area contributed by atoms with Crippen LogP contribution in [-0.2, 0) is 6.54 Å². The van der Waals surface area contributed by atoms with Gasteiger partial charge in [-0.3, -0.25) is 4.90 Å². The second-order valence-corrected chi connectivity index (χ2v) is 6.26. The molecule has 1 N–H and O–H groups in total. The molecule has 1 aliphatic heterocycles. The third kappa shape index (κ3) is 4.49. The van der Waals surface area contributed by atoms with Crippen molar-refractivity contribution in [2.75, 3.05) is 20.1 Å². The number of aromatic nitrogens is 1. The predicted octanol–water partition coefficient (Wildman–Crippen LogP) is 4.22. The molecule has 2 aromatic rings. The minimum Gasteiger partial charge on any atom is -0.316 e. The first-order valence-electron chi connectivity index (χ1n) is 7.62. The van der Waals surface area contributed by atoms with Gasteiger partial charge in [-0.2, -0.15) is 0 Å². The van der Waals surface area contributed by atoms with Crippen LogP contribution in [0, 0.1) is 6.92 Å². The molecule has 1 unspecified atom stereocenters. The number of nitrogens with zero attached hydrogens (tertiary/aromatic N) is 2. The molecule has 0 radical (unpaired) electrons. The average molecular weight is 377 g/mol. The Labute approximate surface area is 155 Å². The third-order valence-electron chi connectivity index (χ3n) is 4.43. The summed E-state index contributed by atoms with van der Waals surface area (Å²) in [7, 11) is 2.04. The Bertz CT molecular complexity index is 648. The van der Waals surface area contributed by atoms with Crippen LogP contribution in [0.1, 0.15) is 24.1 Å². The molecule has 0 aliphatic carbocycles. The zero-order valence-electron chi connectivity index (χ0n) is 13.5. The van der Waals surface area contributed by atoms with Crippen LogP contribution >= 0.6 is 36.4 Å². The largest absolute Gasteiger partial charge is 0.316 e. The van der Waals surface area contributed by atoms with Crippen molar-refractivity contribution in [1.82, 2.24) is 15.2 Å². The number of likely N-dealkylation sites (tertiary alicyclic amines) is 1. The van der Waals surface area contributed by atoms with E-state index in [9.17, 15) is 0 Å². The van der Waals surface area contributed by atoms with Crippen molar-refractivity contribution in [3.05, 3.63) is 40.5 Å². The molecule has 1 fully saturated rings. The van der Waals surface area contributed by atoms with Crippen molar-refractivity contribution in [1.29, 1.82) is 0 Å². The first kappa shape index (κ1) is 20.5. The summed E-state index contributed by atoms with van der Waals surface area (Å²) in [4.78, 5) is 7.24. The van der Waals surface area contributed by atoms with Gasteiger partial charge in [-0.15, -0.1) is 24.8 Å². The molecule has 2 heterocycles. The Hall–Kier alpha value is -0.580. The molecule has 3 rings (SSSR count). The first-order valence-corrected chi connectivity index (χ1v) is 8.00. The summed E-state index contributed by atoms with van der Waals surface area (Å²) in [5.74, 6) is 0. The number of fused-ring (bicyclic) bond motifs is 1. The van der Waals surface area contributed by atoms with Crippen LogP contribution < -0.4 is 5.32 Å². The van der Waals surface area contributed by atoms with E-state index < -0.39 is 0 Å². The van der Waals surface area contributed by atoms with Gasteiger partial charge in [0.1, 0.15) is 0 Å². The van der Waals surface area contributed by atoms with Crippen LogP contribution in [0.4, 0.5) is 0 Å². The Kier molecular flexibility index (Phi) is 8.05. The van der Waals surface area contributed by atoms with Crippen LogP contribution in [0.2, 0.25) is 5.02 Å². The highest BCUT2D eigenvalue weighted by Gasteiger charge is 2.20. The number of nitrogens with one attached hydrogen (secondary N) is 1. The van der Waals surface area contributed by atoms with E-state index in [1.165, 1.54) is 12.8 Å². The summed E-state index contributed by atoms with van der Waals surface area (Å²) in [6, 6.07) is 8.80. The maximum Gasteiger partial charge on any atom is 0.0740 e. The second kappa shape index (κ2) is 9.05. The molecule has 0 spiro atoms. The van der Waals surface area contributed by atoms with E-state index in [1.807, 2.05) is 19.2 Å². The van der Waals surface area contributed by atoms with E-state index >= 15 is 0 Å². The fourth-order valence-electron chi connectivity index (χ4n) is 3.17. The monoisotopic (exact) mass is 375 g/mol. The summed E-state index contributed by atoms with van der Waals surface area (Å²) in [6.45, 7) is 5.12. The van der Waals surface area contributed by atoms with Gasteiger partial charge in [0.2, 0.25) is 0 Å². The highest BCUT2D eigenvalue weighted by Crippen LogP contribution is 2.28. The van der Waals surface area contributed by atoms with Crippen LogP contribution in [-0.4, -0.2) is 36.1 Å². The van der Waals surface area contributed by atoms with Crippen LogP contribution in [0.3, 0.4) is 0 Å². The quantitative estimate of drug-likeness (QED) is 0.869. The van der Waals surface area contributed by atoms with Crippen LogP contribution in [0.25, 0.3) is 10.9 Å². The van der Waals surface area contributed by atoms with Gasteiger partial charge in [-0.05, 0) is 45.0 Å². The lowest BCUT2D eigenvalue weighted by molar-refractivity contribution is 0.186. The van der Waals surface area contributed by atoms with E-state index in [0.29, 0.717) is 6.04 Å². The van der Waals surface area contributed by atoms with Gasteiger partial charge >= 0.3 is 0 Å². The summed E-state index contributed by atoms with van der Waals surface area (Å²) in [5, 5.41) is 5.35. The zero-order chi connectivity index (χ0) is 14.8. The van der Waals surface area contributed by atoms with Gasteiger partial charge in [-0.1, -0.05) is 29.8 Å². The third-order valence-corrected chi connectivity index (χ3v) is 4.93. The number of para-hydroxylation sites is 1. The highest BCUT2D eigenvalue weighted by atomic mass is 35.5. The normalized spacial score (nSPS) is 18.3. The smallest absolute Gasteiger partial charge is 0.0740 e. The molecule has 0 amide bonds. The highest BCUT2D eigenvalue weighted by molar-refractivity contribution is 6.32. The number of pyridine rings is 1. The predicted molar refractivity (Wildman–Crippen MR) is 103 cm³/mol. The average Bonchev–Trinajstić information content (AvgIpc) is 2.52. The second-order valence-electron chi connectivity index (χ2n) is 5.88. The maximum absolute atomic E-state index is 6.56. The fraction of sp³-hybridized carbons (Fsp3) is 0.471. The van der Waals surface area contributed by atoms with Gasteiger partial charge in [0.25, 0.3) is 0 Å². The topological polar surface area (TPSA) is 28.2 Å². The van der Waals surface area contributed by atoms with E-state index in [-0.39, 0.29) is 24.8 Å². The minimum absolute atomic E-state index is 0. The summed E-state index contributed by atoms with van der Waals surface area (Å²) >= 11 is 6.56. The Morgan fingerprint density at radius 2 is 2.04 bits per heavy atom. The maximum atomic E-state index is 6.56. The van der Waals surface area contributed by atoms with Crippen molar-refractivity contribution in [3.63, 3.8) is 0 Å². The van der Waals surface area contributed by atoms with Crippen LogP contribution in [0.15, 0.2) is 24.3 Å². The number of halogens is 3. The van der Waals surface area contributed by atoms with E-state index in [4.69, 9.17) is 16.6 Å². The lowest BCUT2D eigenvalue weighted by Crippen LogP contribution is -2.44. The van der Waals surface area contributed by atoms with E-state index in [2.05, 4.69) is 29.3 Å². The number of rotatable bonds is 3. The van der Waals surface area contributed by atoms with Crippen molar-refractivity contribution in [2.45, 2.75) is 32.4 Å². The summed E-state index contributed by atoms with van der Waals surface area (Å²) in [5.41, 5.74) is 3.18. The van der Waals surface area contributed by atoms with Gasteiger partial charge < -0.3 is 5.32 Å². The van der Waals surface area contributed by atoms with Gasteiger partial charge in [0.05, 0.1) is 16.2 Å². The SMILES string of the molecule is CNC1CCCN(Cc2nc3ccccc3c(C)c2Cl)C1.Cl.Cl. The molecule has 3 nitrogen and oxygen atoms in total. The molecule has 1 saturated heterocycles. The lowest BCUT2D eigenvalue weighted by atomic mass is 10.0.